The van der Waals surface area contributed by atoms with Gasteiger partial charge in [0, 0.05) is 28.6 Å². The van der Waals surface area contributed by atoms with Crippen molar-refractivity contribution in [2.24, 2.45) is 0 Å². The third-order valence-electron chi connectivity index (χ3n) is 2.95. The third kappa shape index (κ3) is 2.80. The molecule has 0 saturated heterocycles. The van der Waals surface area contributed by atoms with E-state index in [4.69, 9.17) is 0 Å². The molecule has 0 bridgehead atoms. The predicted octanol–water partition coefficient (Wildman–Crippen LogP) is 4.52. The van der Waals surface area contributed by atoms with Crippen LogP contribution in [0.3, 0.4) is 0 Å². The van der Waals surface area contributed by atoms with Crippen molar-refractivity contribution in [3.63, 3.8) is 0 Å². The van der Waals surface area contributed by atoms with E-state index in [0.717, 1.165) is 5.56 Å². The van der Waals surface area contributed by atoms with Gasteiger partial charge in [0.25, 0.3) is 5.69 Å². The van der Waals surface area contributed by atoms with Crippen LogP contribution in [0.5, 0.6) is 0 Å². The largest absolute Gasteiger partial charge is 0.269 e. The summed E-state index contributed by atoms with van der Waals surface area (Å²) in [7, 11) is 0. The van der Waals surface area contributed by atoms with Gasteiger partial charge < -0.3 is 0 Å². The highest BCUT2D eigenvalue weighted by Gasteiger charge is 2.09. The molecule has 0 spiro atoms. The van der Waals surface area contributed by atoms with Crippen molar-refractivity contribution in [2.45, 2.75) is 0 Å². The van der Waals surface area contributed by atoms with E-state index in [-0.39, 0.29) is 11.5 Å². The molecule has 1 aromatic heterocycles. The maximum Gasteiger partial charge on any atom is 0.269 e. The molecule has 2 aromatic carbocycles. The minimum atomic E-state index is -0.441. The maximum absolute atomic E-state index is 13.2. The molecule has 1 heterocycles. The molecule has 0 unspecified atom stereocenters. The first-order chi connectivity index (χ1) is 10.1. The summed E-state index contributed by atoms with van der Waals surface area (Å²) in [5.74, 6) is -0.306. The molecule has 0 aliphatic rings. The van der Waals surface area contributed by atoms with Crippen LogP contribution in [0.15, 0.2) is 53.9 Å². The Kier molecular flexibility index (Phi) is 3.45. The number of hydrogen-bond donors (Lipinski definition) is 0. The van der Waals surface area contributed by atoms with Gasteiger partial charge in [0.05, 0.1) is 10.6 Å². The van der Waals surface area contributed by atoms with Gasteiger partial charge >= 0.3 is 0 Å². The lowest BCUT2D eigenvalue weighted by Crippen LogP contribution is -1.87. The normalized spacial score (nSPS) is 10.5. The van der Waals surface area contributed by atoms with Crippen LogP contribution in [0, 0.1) is 15.9 Å². The second-order valence-corrected chi connectivity index (χ2v) is 5.21. The van der Waals surface area contributed by atoms with Crippen LogP contribution in [0.25, 0.3) is 21.8 Å². The molecule has 0 fully saturated rings. The first kappa shape index (κ1) is 13.4. The van der Waals surface area contributed by atoms with Crippen molar-refractivity contribution < 1.29 is 9.31 Å². The van der Waals surface area contributed by atoms with Gasteiger partial charge in [0.15, 0.2) is 0 Å². The van der Waals surface area contributed by atoms with Crippen LogP contribution in [0.4, 0.5) is 10.1 Å². The van der Waals surface area contributed by atoms with Crippen molar-refractivity contribution in [1.82, 2.24) is 4.98 Å². The number of nitro groups is 1. The van der Waals surface area contributed by atoms with Crippen LogP contribution in [0.1, 0.15) is 0 Å². The lowest BCUT2D eigenvalue weighted by Gasteiger charge is -1.97. The van der Waals surface area contributed by atoms with Gasteiger partial charge in [-0.25, -0.2) is 9.37 Å². The van der Waals surface area contributed by atoms with Crippen LogP contribution < -0.4 is 0 Å². The Morgan fingerprint density at radius 1 is 1.10 bits per heavy atom. The number of thiazole rings is 1. The van der Waals surface area contributed by atoms with E-state index in [0.29, 0.717) is 16.3 Å². The number of non-ortho nitro benzene ring substituents is 1. The fraction of sp³-hybridized carbons (Fsp3) is 0. The molecular formula is C15H9FN2O2S. The van der Waals surface area contributed by atoms with Crippen molar-refractivity contribution in [3.8, 4) is 21.8 Å². The standard InChI is InChI=1S/C15H9FN2O2S/c16-12-3-1-2-11(8-12)15-17-14(9-21-15)10-4-6-13(7-5-10)18(19)20/h1-9H. The fourth-order valence-electron chi connectivity index (χ4n) is 1.91. The molecule has 0 aliphatic heterocycles. The number of halogens is 1. The highest BCUT2D eigenvalue weighted by Crippen LogP contribution is 2.29. The smallest absolute Gasteiger partial charge is 0.258 e. The summed E-state index contributed by atoms with van der Waals surface area (Å²) >= 11 is 1.41. The maximum atomic E-state index is 13.2. The predicted molar refractivity (Wildman–Crippen MR) is 79.6 cm³/mol. The van der Waals surface area contributed by atoms with E-state index >= 15 is 0 Å². The van der Waals surface area contributed by atoms with Crippen molar-refractivity contribution in [2.75, 3.05) is 0 Å². The number of aromatic nitrogens is 1. The van der Waals surface area contributed by atoms with Gasteiger partial charge in [-0.05, 0) is 24.3 Å². The zero-order valence-corrected chi connectivity index (χ0v) is 11.5. The molecule has 0 amide bonds. The highest BCUT2D eigenvalue weighted by molar-refractivity contribution is 7.13. The molecule has 6 heteroatoms. The average molecular weight is 300 g/mol. The summed E-state index contributed by atoms with van der Waals surface area (Å²) in [5, 5.41) is 13.2. The molecule has 104 valence electrons. The van der Waals surface area contributed by atoms with E-state index in [1.54, 1.807) is 24.3 Å². The summed E-state index contributed by atoms with van der Waals surface area (Å²) in [6.07, 6.45) is 0. The summed E-state index contributed by atoms with van der Waals surface area (Å²) in [4.78, 5) is 14.6. The van der Waals surface area contributed by atoms with E-state index in [9.17, 15) is 14.5 Å². The second-order valence-electron chi connectivity index (χ2n) is 4.35. The van der Waals surface area contributed by atoms with Gasteiger partial charge in [-0.1, -0.05) is 12.1 Å². The number of benzene rings is 2. The summed E-state index contributed by atoms with van der Waals surface area (Å²) in [6, 6.07) is 12.4. The monoisotopic (exact) mass is 300 g/mol. The van der Waals surface area contributed by atoms with E-state index in [1.807, 2.05) is 5.38 Å². The number of rotatable bonds is 3. The summed E-state index contributed by atoms with van der Waals surface area (Å²) < 4.78 is 13.2. The third-order valence-corrected chi connectivity index (χ3v) is 3.84. The van der Waals surface area contributed by atoms with Crippen LogP contribution in [0.2, 0.25) is 0 Å². The minimum Gasteiger partial charge on any atom is -0.258 e. The molecule has 0 aliphatic carbocycles. The molecule has 0 radical (unpaired) electrons. The molecule has 4 nitrogen and oxygen atoms in total. The Morgan fingerprint density at radius 2 is 1.86 bits per heavy atom. The van der Waals surface area contributed by atoms with Crippen LogP contribution in [-0.2, 0) is 0 Å². The van der Waals surface area contributed by atoms with E-state index in [1.165, 1.54) is 35.6 Å². The topological polar surface area (TPSA) is 56.0 Å². The Morgan fingerprint density at radius 3 is 2.52 bits per heavy atom. The number of nitro benzene ring substituents is 1. The van der Waals surface area contributed by atoms with Gasteiger partial charge in [0.1, 0.15) is 10.8 Å². The first-order valence-corrected chi connectivity index (χ1v) is 6.98. The number of hydrogen-bond acceptors (Lipinski definition) is 4. The Bertz CT molecular complexity index is 799. The molecule has 3 aromatic rings. The summed E-state index contributed by atoms with van der Waals surface area (Å²) in [6.45, 7) is 0. The zero-order chi connectivity index (χ0) is 14.8. The van der Waals surface area contributed by atoms with E-state index < -0.39 is 4.92 Å². The van der Waals surface area contributed by atoms with E-state index in [2.05, 4.69) is 4.98 Å². The highest BCUT2D eigenvalue weighted by atomic mass is 32.1. The van der Waals surface area contributed by atoms with Crippen molar-refractivity contribution in [3.05, 3.63) is 69.8 Å². The minimum absolute atomic E-state index is 0.0410. The second kappa shape index (κ2) is 5.41. The van der Waals surface area contributed by atoms with Gasteiger partial charge in [-0.15, -0.1) is 11.3 Å². The SMILES string of the molecule is O=[N+]([O-])c1ccc(-c2csc(-c3cccc(F)c3)n2)cc1. The molecule has 0 saturated carbocycles. The lowest BCUT2D eigenvalue weighted by atomic mass is 10.1. The Hall–Kier alpha value is -2.60. The van der Waals surface area contributed by atoms with Crippen molar-refractivity contribution >= 4 is 17.0 Å². The Balaban J connectivity index is 1.93. The van der Waals surface area contributed by atoms with Gasteiger partial charge in [-0.3, -0.25) is 10.1 Å². The van der Waals surface area contributed by atoms with Crippen LogP contribution in [-0.4, -0.2) is 9.91 Å². The van der Waals surface area contributed by atoms with Gasteiger partial charge in [0.2, 0.25) is 0 Å². The van der Waals surface area contributed by atoms with Gasteiger partial charge in [-0.2, -0.15) is 0 Å². The zero-order valence-electron chi connectivity index (χ0n) is 10.7. The molecule has 0 N–H and O–H groups in total. The average Bonchev–Trinajstić information content (AvgIpc) is 2.97. The lowest BCUT2D eigenvalue weighted by molar-refractivity contribution is -0.384. The summed E-state index contributed by atoms with van der Waals surface area (Å²) in [5.41, 5.74) is 2.26. The fourth-order valence-corrected chi connectivity index (χ4v) is 2.74. The molecule has 21 heavy (non-hydrogen) atoms. The van der Waals surface area contributed by atoms with Crippen LogP contribution >= 0.6 is 11.3 Å². The molecular weight excluding hydrogens is 291 g/mol. The first-order valence-electron chi connectivity index (χ1n) is 6.10. The molecule has 3 rings (SSSR count). The quantitative estimate of drug-likeness (QED) is 0.527. The molecule has 0 atom stereocenters. The van der Waals surface area contributed by atoms with Crippen molar-refractivity contribution in [1.29, 1.82) is 0 Å². The Labute approximate surface area is 123 Å². The number of nitrogens with zero attached hydrogens (tertiary/aromatic N) is 2.